The summed E-state index contributed by atoms with van der Waals surface area (Å²) in [4.78, 5) is 22.8. The largest absolute Gasteiger partial charge is 0.481 e. The number of hydrogen-bond acceptors (Lipinski definition) is 3. The lowest BCUT2D eigenvalue weighted by atomic mass is 9.84. The highest BCUT2D eigenvalue weighted by atomic mass is 16.4. The molecule has 0 radical (unpaired) electrons. The molecule has 0 saturated heterocycles. The summed E-state index contributed by atoms with van der Waals surface area (Å²) in [5.74, 6) is -1.00. The molecule has 1 aromatic heterocycles. The standard InChI is InChI=1S/C14H17NO4/c16-13(8-7-10-4-3-9-19-10)15-12-6-2-1-5-11(12)14(17)18/h3-4,7-9,11-12H,1-2,5-6H2,(H,15,16)(H,17,18). The maximum absolute atomic E-state index is 11.7. The van der Waals surface area contributed by atoms with E-state index in [2.05, 4.69) is 5.32 Å². The normalized spacial score (nSPS) is 23.4. The topological polar surface area (TPSA) is 79.5 Å². The van der Waals surface area contributed by atoms with Gasteiger partial charge >= 0.3 is 5.97 Å². The first-order valence-corrected chi connectivity index (χ1v) is 6.41. The highest BCUT2D eigenvalue weighted by molar-refractivity contribution is 5.91. The predicted molar refractivity (Wildman–Crippen MR) is 69.3 cm³/mol. The zero-order valence-electron chi connectivity index (χ0n) is 10.5. The first kappa shape index (κ1) is 13.4. The van der Waals surface area contributed by atoms with E-state index in [4.69, 9.17) is 9.52 Å². The second kappa shape index (κ2) is 6.22. The molecular weight excluding hydrogens is 246 g/mol. The van der Waals surface area contributed by atoms with Crippen LogP contribution in [0.15, 0.2) is 28.9 Å². The molecular formula is C14H17NO4. The molecule has 0 bridgehead atoms. The third kappa shape index (κ3) is 3.71. The van der Waals surface area contributed by atoms with E-state index in [0.29, 0.717) is 12.2 Å². The fourth-order valence-corrected chi connectivity index (χ4v) is 2.37. The average molecular weight is 263 g/mol. The van der Waals surface area contributed by atoms with Gasteiger partial charge in [0.1, 0.15) is 5.76 Å². The van der Waals surface area contributed by atoms with Crippen molar-refractivity contribution in [2.75, 3.05) is 0 Å². The number of hydrogen-bond donors (Lipinski definition) is 2. The number of aliphatic carboxylic acids is 1. The fourth-order valence-electron chi connectivity index (χ4n) is 2.37. The summed E-state index contributed by atoms with van der Waals surface area (Å²) in [7, 11) is 0. The summed E-state index contributed by atoms with van der Waals surface area (Å²) >= 11 is 0. The van der Waals surface area contributed by atoms with Crippen LogP contribution in [-0.4, -0.2) is 23.0 Å². The van der Waals surface area contributed by atoms with E-state index in [0.717, 1.165) is 19.3 Å². The van der Waals surface area contributed by atoms with Gasteiger partial charge in [-0.05, 0) is 31.1 Å². The first-order chi connectivity index (χ1) is 9.16. The van der Waals surface area contributed by atoms with Crippen molar-refractivity contribution >= 4 is 18.0 Å². The molecule has 102 valence electrons. The van der Waals surface area contributed by atoms with Gasteiger partial charge in [-0.15, -0.1) is 0 Å². The van der Waals surface area contributed by atoms with Crippen LogP contribution in [0.1, 0.15) is 31.4 Å². The van der Waals surface area contributed by atoms with E-state index in [1.807, 2.05) is 0 Å². The molecule has 1 aromatic rings. The molecule has 2 unspecified atom stereocenters. The zero-order chi connectivity index (χ0) is 13.7. The van der Waals surface area contributed by atoms with Crippen LogP contribution in [0.5, 0.6) is 0 Å². The summed E-state index contributed by atoms with van der Waals surface area (Å²) < 4.78 is 5.07. The number of carboxylic acids is 1. The third-order valence-corrected chi connectivity index (χ3v) is 3.35. The van der Waals surface area contributed by atoms with Crippen molar-refractivity contribution in [2.45, 2.75) is 31.7 Å². The molecule has 1 fully saturated rings. The van der Waals surface area contributed by atoms with Gasteiger partial charge in [0, 0.05) is 12.1 Å². The molecule has 5 heteroatoms. The molecule has 1 saturated carbocycles. The van der Waals surface area contributed by atoms with Crippen molar-refractivity contribution in [3.63, 3.8) is 0 Å². The van der Waals surface area contributed by atoms with Crippen LogP contribution < -0.4 is 5.32 Å². The minimum absolute atomic E-state index is 0.278. The Morgan fingerprint density at radius 3 is 2.84 bits per heavy atom. The Balaban J connectivity index is 1.91. The number of carbonyl (C=O) groups is 2. The molecule has 2 rings (SSSR count). The van der Waals surface area contributed by atoms with Gasteiger partial charge in [0.25, 0.3) is 0 Å². The van der Waals surface area contributed by atoms with Gasteiger partial charge in [0.05, 0.1) is 12.2 Å². The highest BCUT2D eigenvalue weighted by Crippen LogP contribution is 2.24. The number of carbonyl (C=O) groups excluding carboxylic acids is 1. The van der Waals surface area contributed by atoms with E-state index in [1.165, 1.54) is 12.3 Å². The number of rotatable bonds is 4. The van der Waals surface area contributed by atoms with Crippen molar-refractivity contribution in [2.24, 2.45) is 5.92 Å². The van der Waals surface area contributed by atoms with Gasteiger partial charge in [-0.25, -0.2) is 0 Å². The minimum atomic E-state index is -0.833. The van der Waals surface area contributed by atoms with Crippen LogP contribution in [-0.2, 0) is 9.59 Å². The zero-order valence-corrected chi connectivity index (χ0v) is 10.5. The third-order valence-electron chi connectivity index (χ3n) is 3.35. The molecule has 5 nitrogen and oxygen atoms in total. The Kier molecular flexibility index (Phi) is 4.39. The van der Waals surface area contributed by atoms with Crippen LogP contribution in [0.25, 0.3) is 6.08 Å². The average Bonchev–Trinajstić information content (AvgIpc) is 2.90. The summed E-state index contributed by atoms with van der Waals surface area (Å²) in [6, 6.07) is 3.20. The predicted octanol–water partition coefficient (Wildman–Crippen LogP) is 2.05. The van der Waals surface area contributed by atoms with Crippen molar-refractivity contribution in [1.29, 1.82) is 0 Å². The Morgan fingerprint density at radius 2 is 2.16 bits per heavy atom. The molecule has 0 aromatic carbocycles. The quantitative estimate of drug-likeness (QED) is 0.815. The van der Waals surface area contributed by atoms with Gasteiger partial charge in [-0.1, -0.05) is 12.8 Å². The van der Waals surface area contributed by atoms with Gasteiger partial charge in [0.2, 0.25) is 5.91 Å². The van der Waals surface area contributed by atoms with Crippen LogP contribution >= 0.6 is 0 Å². The highest BCUT2D eigenvalue weighted by Gasteiger charge is 2.31. The van der Waals surface area contributed by atoms with E-state index in [-0.39, 0.29) is 11.9 Å². The van der Waals surface area contributed by atoms with Crippen molar-refractivity contribution < 1.29 is 19.1 Å². The Labute approximate surface area is 111 Å². The van der Waals surface area contributed by atoms with Crippen LogP contribution in [0.3, 0.4) is 0 Å². The van der Waals surface area contributed by atoms with Gasteiger partial charge in [-0.2, -0.15) is 0 Å². The summed E-state index contributed by atoms with van der Waals surface area (Å²) in [6.07, 6.45) is 7.67. The number of amides is 1. The molecule has 0 spiro atoms. The molecule has 19 heavy (non-hydrogen) atoms. The van der Waals surface area contributed by atoms with Crippen LogP contribution in [0, 0.1) is 5.92 Å². The maximum Gasteiger partial charge on any atom is 0.308 e. The van der Waals surface area contributed by atoms with E-state index in [9.17, 15) is 9.59 Å². The lowest BCUT2D eigenvalue weighted by Gasteiger charge is -2.28. The Bertz CT molecular complexity index is 464. The Hall–Kier alpha value is -2.04. The second-order valence-electron chi connectivity index (χ2n) is 4.69. The van der Waals surface area contributed by atoms with Crippen molar-refractivity contribution in [3.05, 3.63) is 30.2 Å². The Morgan fingerprint density at radius 1 is 1.37 bits per heavy atom. The van der Waals surface area contributed by atoms with E-state index in [1.54, 1.807) is 18.2 Å². The molecule has 2 atom stereocenters. The number of nitrogens with one attached hydrogen (secondary N) is 1. The lowest BCUT2D eigenvalue weighted by molar-refractivity contribution is -0.144. The summed E-state index contributed by atoms with van der Waals surface area (Å²) in [6.45, 7) is 0. The number of carboxylic acid groups (broad SMARTS) is 1. The smallest absolute Gasteiger partial charge is 0.308 e. The van der Waals surface area contributed by atoms with Crippen LogP contribution in [0.4, 0.5) is 0 Å². The summed E-state index contributed by atoms with van der Waals surface area (Å²) in [5, 5.41) is 11.9. The van der Waals surface area contributed by atoms with Gasteiger partial charge in [-0.3, -0.25) is 9.59 Å². The minimum Gasteiger partial charge on any atom is -0.481 e. The molecule has 1 aliphatic carbocycles. The summed E-state index contributed by atoms with van der Waals surface area (Å²) in [5.41, 5.74) is 0. The van der Waals surface area contributed by atoms with Crippen molar-refractivity contribution in [1.82, 2.24) is 5.32 Å². The van der Waals surface area contributed by atoms with Crippen molar-refractivity contribution in [3.8, 4) is 0 Å². The maximum atomic E-state index is 11.7. The van der Waals surface area contributed by atoms with E-state index >= 15 is 0 Å². The van der Waals surface area contributed by atoms with Gasteiger partial charge in [0.15, 0.2) is 0 Å². The second-order valence-corrected chi connectivity index (χ2v) is 4.69. The molecule has 1 aliphatic rings. The van der Waals surface area contributed by atoms with Crippen LogP contribution in [0.2, 0.25) is 0 Å². The number of furan rings is 1. The lowest BCUT2D eigenvalue weighted by Crippen LogP contribution is -2.44. The first-order valence-electron chi connectivity index (χ1n) is 6.41. The monoisotopic (exact) mass is 263 g/mol. The molecule has 0 aliphatic heterocycles. The molecule has 2 N–H and O–H groups in total. The van der Waals surface area contributed by atoms with E-state index < -0.39 is 11.9 Å². The van der Waals surface area contributed by atoms with Gasteiger partial charge < -0.3 is 14.8 Å². The molecule has 1 heterocycles. The SMILES string of the molecule is O=C(C=Cc1ccco1)NC1CCCCC1C(=O)O. The molecule has 1 amide bonds. The fraction of sp³-hybridized carbons (Fsp3) is 0.429.